The van der Waals surface area contributed by atoms with E-state index in [0.29, 0.717) is 12.2 Å². The molecule has 0 aromatic heterocycles. The Labute approximate surface area is 430 Å². The van der Waals surface area contributed by atoms with Gasteiger partial charge in [0.1, 0.15) is 116 Å². The Balaban J connectivity index is 0.00000612. The molecule has 0 saturated carbocycles. The van der Waals surface area contributed by atoms with Crippen LogP contribution in [0.1, 0.15) is 20.3 Å². The first-order valence-corrected chi connectivity index (χ1v) is 21.6. The molecule has 25 atom stereocenters. The molecule has 5 saturated heterocycles. The molecule has 2 amide bonds. The molecule has 5 rings (SSSR count). The van der Waals surface area contributed by atoms with Crippen LogP contribution in [0, 0.1) is 44.1 Å². The van der Waals surface area contributed by atoms with E-state index in [4.69, 9.17) is 48.4 Å². The predicted molar refractivity (Wildman–Crippen MR) is 217 cm³/mol. The molecule has 18 N–H and O–H groups in total. The van der Waals surface area contributed by atoms with Gasteiger partial charge in [-0.2, -0.15) is 12.6 Å². The summed E-state index contributed by atoms with van der Waals surface area (Å²) >= 11 is 4.01. The minimum absolute atomic E-state index is 0. The number of thiol groups is 1. The molecule has 5 fully saturated rings. The molecule has 0 spiro atoms. The minimum Gasteiger partial charge on any atom is -0.668 e. The van der Waals surface area contributed by atoms with Crippen molar-refractivity contribution in [3.8, 4) is 0 Å². The van der Waals surface area contributed by atoms with Gasteiger partial charge in [-0.3, -0.25) is 9.59 Å². The fourth-order valence-electron chi connectivity index (χ4n) is 7.89. The van der Waals surface area contributed by atoms with Gasteiger partial charge < -0.3 is 136 Å². The molecule has 31 heteroatoms. The summed E-state index contributed by atoms with van der Waals surface area (Å²) < 4.78 is 50.3. The molecule has 29 nitrogen and oxygen atoms in total. The van der Waals surface area contributed by atoms with Crippen molar-refractivity contribution in [3.05, 3.63) is 5.73 Å². The molecule has 5 aliphatic heterocycles. The molecule has 0 bridgehead atoms. The monoisotopic (exact) mass is 1230 g/mol. The molecule has 0 aliphatic carbocycles. The number of hydrogen-bond acceptors (Lipinski definition) is 27. The second kappa shape index (κ2) is 28.4. The smallest absolute Gasteiger partial charge is 0.241 e. The molecule has 0 aromatic rings. The average molecular weight is 1230 g/mol. The van der Waals surface area contributed by atoms with Crippen LogP contribution in [-0.2, 0) is 52.2 Å². The Morgan fingerprint density at radius 2 is 0.897 bits per heavy atom. The molecule has 1 radical (unpaired) electrons. The van der Waals surface area contributed by atoms with E-state index >= 15 is 0 Å². The van der Waals surface area contributed by atoms with Crippen LogP contribution in [0.4, 0.5) is 0 Å². The van der Waals surface area contributed by atoms with Gasteiger partial charge >= 0.3 is 0 Å². The van der Waals surface area contributed by atoms with Crippen LogP contribution in [0.5, 0.6) is 0 Å². The molecule has 18 unspecified atom stereocenters. The third-order valence-electron chi connectivity index (χ3n) is 11.7. The molecular formula is C37H66AcN3O26S-. The summed E-state index contributed by atoms with van der Waals surface area (Å²) in [5.41, 5.74) is 8.74. The van der Waals surface area contributed by atoms with Crippen molar-refractivity contribution in [1.29, 1.82) is 0 Å². The topological polar surface area (TPSA) is 469 Å². The fraction of sp³-hybridized carbons (Fsp3) is 0.946. The van der Waals surface area contributed by atoms with Crippen molar-refractivity contribution in [1.82, 2.24) is 10.6 Å². The maximum absolute atomic E-state index is 12.5. The summed E-state index contributed by atoms with van der Waals surface area (Å²) in [6, 6.07) is -1.95. The summed E-state index contributed by atoms with van der Waals surface area (Å²) in [4.78, 5) is 24.4. The van der Waals surface area contributed by atoms with Gasteiger partial charge in [0.15, 0.2) is 25.1 Å². The van der Waals surface area contributed by atoms with E-state index in [-0.39, 0.29) is 57.9 Å². The van der Waals surface area contributed by atoms with Gasteiger partial charge in [0, 0.05) is 50.5 Å². The zero-order chi connectivity index (χ0) is 48.7. The van der Waals surface area contributed by atoms with Gasteiger partial charge in [0.05, 0.1) is 45.7 Å². The van der Waals surface area contributed by atoms with Crippen molar-refractivity contribution in [2.45, 2.75) is 174 Å². The predicted octanol–water partition coefficient (Wildman–Crippen LogP) is -10.3. The molecule has 68 heavy (non-hydrogen) atoms. The van der Waals surface area contributed by atoms with E-state index in [0.717, 1.165) is 0 Å². The van der Waals surface area contributed by atoms with E-state index in [2.05, 4.69) is 23.3 Å². The number of aliphatic hydroxyl groups excluding tert-OH is 15. The van der Waals surface area contributed by atoms with Crippen LogP contribution in [0.3, 0.4) is 0 Å². The van der Waals surface area contributed by atoms with Crippen molar-refractivity contribution >= 4 is 24.4 Å². The molecule has 0 aromatic carbocycles. The molecule has 5 aliphatic rings. The van der Waals surface area contributed by atoms with E-state index < -0.39 is 205 Å². The van der Waals surface area contributed by atoms with Gasteiger partial charge in [0.25, 0.3) is 0 Å². The Morgan fingerprint density at radius 1 is 0.485 bits per heavy atom. The van der Waals surface area contributed by atoms with Crippen LogP contribution in [0.15, 0.2) is 0 Å². The summed E-state index contributed by atoms with van der Waals surface area (Å²) in [7, 11) is 0. The number of rotatable bonds is 19. The zero-order valence-corrected chi connectivity index (χ0v) is 41.2. The van der Waals surface area contributed by atoms with Crippen LogP contribution >= 0.6 is 12.6 Å². The number of amides is 2. The summed E-state index contributed by atoms with van der Waals surface area (Å²) in [6.45, 7) is -5.18. The first-order valence-electron chi connectivity index (χ1n) is 21.0. The van der Waals surface area contributed by atoms with Crippen molar-refractivity contribution in [2.24, 2.45) is 0 Å². The third-order valence-corrected chi connectivity index (χ3v) is 12.0. The second-order valence-corrected chi connectivity index (χ2v) is 16.6. The zero-order valence-electron chi connectivity index (χ0n) is 35.5. The summed E-state index contributed by atoms with van der Waals surface area (Å²) in [6.07, 6.45) is -43.8. The van der Waals surface area contributed by atoms with E-state index in [1.54, 1.807) is 0 Å². The molecular weight excluding hydrogens is 1160 g/mol. The Bertz CT molecular complexity index is 1520. The molecule has 395 valence electrons. The van der Waals surface area contributed by atoms with Crippen LogP contribution < -0.4 is 10.6 Å². The van der Waals surface area contributed by atoms with E-state index in [1.165, 1.54) is 0 Å². The quantitative estimate of drug-likeness (QED) is 0.0534. The average Bonchev–Trinajstić information content (AvgIpc) is 3.30. The maximum Gasteiger partial charge on any atom is 0.241 e. The standard InChI is InChI=1S/C36H62N3O26S.CH4.Ac/c37-17-21(50)28(62-35-27(56)31(20(49)12(7-42)59-35)65-34-25(54)22(51)18(47)10(5-40)58-34)14(9-44)61-33(17)64-30-19(48)11(6-41)60-36(26(30)55)63-29-13(8-43)57-32(24(53)23(29)52)39-16(46)4-38-15(45)2-1-3-66;;/h10-14,17-37,40-44,47-56,66H,1-9H2,(H,38,45)(H,39,46);1H4;/q-1;;/t10?,11?,12?,13?,14?,17?,18-,19-,20-,21?,22?,23?,24?,25?,26?,27?,28+,29+,30?,31?,32?,33-,34?,35?,36-;;/m0../s1. The SMILES string of the molecule is C.[Ac].[NH-]C1C(O)[C@H](OC2OC(CO)[C@H](O)C(OC3OC(CO)[C@H](O)C(O)C3O)C2O)C(CO)O[C@H]1OC1C(O)[C@H](O[C@@H]2C(CO)OC(NC(=O)CNC(=O)CCCS)C(O)C2O)OC(CO)[C@@H]1O. The normalized spacial score (nSPS) is 45.3. The summed E-state index contributed by atoms with van der Waals surface area (Å²) in [5, 5.41) is 163. The Morgan fingerprint density at radius 3 is 1.38 bits per heavy atom. The van der Waals surface area contributed by atoms with Crippen LogP contribution in [0.25, 0.3) is 5.73 Å². The van der Waals surface area contributed by atoms with Crippen molar-refractivity contribution in [2.75, 3.05) is 45.3 Å². The number of aliphatic hydroxyl groups is 15. The Hall–Kier alpha value is -0.268. The first kappa shape index (κ1) is 62.0. The van der Waals surface area contributed by atoms with Crippen LogP contribution in [-0.4, -0.2) is 287 Å². The third kappa shape index (κ3) is 14.3. The van der Waals surface area contributed by atoms with Crippen LogP contribution in [0.2, 0.25) is 0 Å². The number of carbonyl (C=O) groups is 2. The number of ether oxygens (including phenoxy) is 9. The van der Waals surface area contributed by atoms with Crippen molar-refractivity contribution in [3.63, 3.8) is 0 Å². The van der Waals surface area contributed by atoms with Gasteiger partial charge in [-0.1, -0.05) is 13.5 Å². The van der Waals surface area contributed by atoms with Gasteiger partial charge in [-0.15, -0.1) is 0 Å². The minimum atomic E-state index is -2.11. The second-order valence-electron chi connectivity index (χ2n) is 16.2. The van der Waals surface area contributed by atoms with Gasteiger partial charge in [-0.05, 0) is 12.2 Å². The van der Waals surface area contributed by atoms with Gasteiger partial charge in [0.2, 0.25) is 11.8 Å². The largest absolute Gasteiger partial charge is 0.668 e. The van der Waals surface area contributed by atoms with Crippen molar-refractivity contribution < 1.29 is 173 Å². The van der Waals surface area contributed by atoms with E-state index in [1.807, 2.05) is 0 Å². The van der Waals surface area contributed by atoms with Gasteiger partial charge in [-0.25, -0.2) is 0 Å². The number of nitrogens with one attached hydrogen (secondary N) is 3. The Kier molecular flexibility index (Phi) is 25.9. The van der Waals surface area contributed by atoms with E-state index in [9.17, 15) is 86.2 Å². The number of hydrogen-bond donors (Lipinski definition) is 18. The molecule has 5 heterocycles. The summed E-state index contributed by atoms with van der Waals surface area (Å²) in [5.74, 6) is -0.849. The maximum atomic E-state index is 12.5. The fourth-order valence-corrected chi connectivity index (χ4v) is 8.05. The first-order chi connectivity index (χ1) is 31.3. The number of carbonyl (C=O) groups excluding carboxylic acids is 2.